The van der Waals surface area contributed by atoms with Crippen LogP contribution in [0.3, 0.4) is 0 Å². The van der Waals surface area contributed by atoms with E-state index in [9.17, 15) is 4.79 Å². The molecule has 6 nitrogen and oxygen atoms in total. The smallest absolute Gasteiger partial charge is 0.222 e. The normalized spacial score (nSPS) is 17.6. The van der Waals surface area contributed by atoms with E-state index in [1.807, 2.05) is 48.2 Å². The van der Waals surface area contributed by atoms with E-state index in [-0.39, 0.29) is 0 Å². The van der Waals surface area contributed by atoms with Crippen LogP contribution in [0.5, 0.6) is 5.75 Å². The summed E-state index contributed by atoms with van der Waals surface area (Å²) in [5, 5.41) is 8.84. The fraction of sp³-hybridized carbons (Fsp3) is 0.522. The molecular formula is C23H30N4O2. The fourth-order valence-electron chi connectivity index (χ4n) is 4.31. The Balaban J connectivity index is 1.31. The van der Waals surface area contributed by atoms with Crippen LogP contribution >= 0.6 is 0 Å². The minimum absolute atomic E-state index is 0.327. The van der Waals surface area contributed by atoms with Crippen molar-refractivity contribution in [1.82, 2.24) is 15.1 Å². The standard InChI is InChI=1S/C23H30N4O2/c1-2-29-20-9-7-19(8-10-20)21-11-12-22(25-24-21)26-13-15-27(16-14-26)23(28)17-18-5-3-4-6-18/h7-12,18H,2-6,13-17H2,1H3. The first kappa shape index (κ1) is 19.7. The summed E-state index contributed by atoms with van der Waals surface area (Å²) in [6.45, 7) is 5.81. The topological polar surface area (TPSA) is 58.6 Å². The molecule has 2 heterocycles. The molecule has 1 saturated carbocycles. The third kappa shape index (κ3) is 4.86. The first-order valence-electron chi connectivity index (χ1n) is 10.8. The van der Waals surface area contributed by atoms with Gasteiger partial charge < -0.3 is 14.5 Å². The van der Waals surface area contributed by atoms with Gasteiger partial charge in [-0.05, 0) is 62.1 Å². The van der Waals surface area contributed by atoms with Crippen molar-refractivity contribution in [1.29, 1.82) is 0 Å². The second kappa shape index (κ2) is 9.25. The highest BCUT2D eigenvalue weighted by atomic mass is 16.5. The molecule has 1 aromatic heterocycles. The average Bonchev–Trinajstić information content (AvgIpc) is 3.28. The number of hydrogen-bond acceptors (Lipinski definition) is 5. The molecule has 1 aliphatic carbocycles. The number of hydrogen-bond donors (Lipinski definition) is 0. The fourth-order valence-corrected chi connectivity index (χ4v) is 4.31. The number of carbonyl (C=O) groups excluding carboxylic acids is 1. The Bertz CT molecular complexity index is 793. The van der Waals surface area contributed by atoms with Crippen LogP contribution < -0.4 is 9.64 Å². The average molecular weight is 395 g/mol. The van der Waals surface area contributed by atoms with E-state index in [4.69, 9.17) is 4.74 Å². The number of piperazine rings is 1. The van der Waals surface area contributed by atoms with Crippen LogP contribution in [0.1, 0.15) is 39.0 Å². The highest BCUT2D eigenvalue weighted by molar-refractivity contribution is 5.76. The first-order valence-corrected chi connectivity index (χ1v) is 10.8. The van der Waals surface area contributed by atoms with Crippen LogP contribution in [0.4, 0.5) is 5.82 Å². The van der Waals surface area contributed by atoms with Crippen LogP contribution in [0.2, 0.25) is 0 Å². The maximum atomic E-state index is 12.5. The van der Waals surface area contributed by atoms with Crippen molar-refractivity contribution in [3.8, 4) is 17.0 Å². The minimum atomic E-state index is 0.327. The third-order valence-electron chi connectivity index (χ3n) is 6.01. The van der Waals surface area contributed by atoms with Crippen molar-refractivity contribution in [3.05, 3.63) is 36.4 Å². The lowest BCUT2D eigenvalue weighted by molar-refractivity contribution is -0.132. The molecule has 1 aromatic carbocycles. The van der Waals surface area contributed by atoms with E-state index in [0.717, 1.165) is 55.4 Å². The number of rotatable bonds is 6. The molecule has 1 aliphatic heterocycles. The van der Waals surface area contributed by atoms with Crippen molar-refractivity contribution < 1.29 is 9.53 Å². The number of nitrogens with zero attached hydrogens (tertiary/aromatic N) is 4. The largest absolute Gasteiger partial charge is 0.494 e. The summed E-state index contributed by atoms with van der Waals surface area (Å²) in [6.07, 6.45) is 5.76. The van der Waals surface area contributed by atoms with E-state index in [1.165, 1.54) is 25.7 Å². The minimum Gasteiger partial charge on any atom is -0.494 e. The monoisotopic (exact) mass is 394 g/mol. The van der Waals surface area contributed by atoms with E-state index in [2.05, 4.69) is 15.1 Å². The van der Waals surface area contributed by atoms with Crippen LogP contribution in [-0.2, 0) is 4.79 Å². The number of ether oxygens (including phenoxy) is 1. The molecule has 0 unspecified atom stereocenters. The zero-order valence-electron chi connectivity index (χ0n) is 17.2. The Morgan fingerprint density at radius 1 is 1.00 bits per heavy atom. The van der Waals surface area contributed by atoms with Crippen molar-refractivity contribution in [3.63, 3.8) is 0 Å². The summed E-state index contributed by atoms with van der Waals surface area (Å²) in [5.74, 6) is 2.68. The molecule has 154 valence electrons. The number of carbonyl (C=O) groups is 1. The lowest BCUT2D eigenvalue weighted by Gasteiger charge is -2.35. The van der Waals surface area contributed by atoms with Gasteiger partial charge in [-0.25, -0.2) is 0 Å². The van der Waals surface area contributed by atoms with Crippen molar-refractivity contribution in [2.45, 2.75) is 39.0 Å². The SMILES string of the molecule is CCOc1ccc(-c2ccc(N3CCN(C(=O)CC4CCCC4)CC3)nn2)cc1. The van der Waals surface area contributed by atoms with Gasteiger partial charge in [-0.2, -0.15) is 0 Å². The molecule has 2 aromatic rings. The van der Waals surface area contributed by atoms with Crippen LogP contribution in [0.15, 0.2) is 36.4 Å². The molecule has 0 bridgehead atoms. The van der Waals surface area contributed by atoms with Gasteiger partial charge in [0.15, 0.2) is 5.82 Å². The van der Waals surface area contributed by atoms with Gasteiger partial charge in [0, 0.05) is 38.2 Å². The van der Waals surface area contributed by atoms with E-state index in [0.29, 0.717) is 18.4 Å². The van der Waals surface area contributed by atoms with E-state index >= 15 is 0 Å². The highest BCUT2D eigenvalue weighted by Crippen LogP contribution is 2.28. The Labute approximate surface area is 172 Å². The second-order valence-corrected chi connectivity index (χ2v) is 7.96. The summed E-state index contributed by atoms with van der Waals surface area (Å²) in [7, 11) is 0. The molecule has 0 radical (unpaired) electrons. The lowest BCUT2D eigenvalue weighted by Crippen LogP contribution is -2.49. The molecule has 0 atom stereocenters. The van der Waals surface area contributed by atoms with Crippen LogP contribution in [-0.4, -0.2) is 53.8 Å². The van der Waals surface area contributed by atoms with Crippen LogP contribution in [0, 0.1) is 5.92 Å². The van der Waals surface area contributed by atoms with Gasteiger partial charge in [-0.3, -0.25) is 4.79 Å². The van der Waals surface area contributed by atoms with E-state index < -0.39 is 0 Å². The van der Waals surface area contributed by atoms with Crippen molar-refractivity contribution in [2.24, 2.45) is 5.92 Å². The van der Waals surface area contributed by atoms with Gasteiger partial charge in [-0.1, -0.05) is 12.8 Å². The Kier molecular flexibility index (Phi) is 6.27. The molecule has 1 amide bonds. The molecular weight excluding hydrogens is 364 g/mol. The van der Waals surface area contributed by atoms with Gasteiger partial charge in [0.25, 0.3) is 0 Å². The summed E-state index contributed by atoms with van der Waals surface area (Å²) in [4.78, 5) is 16.8. The molecule has 4 rings (SSSR count). The molecule has 2 fully saturated rings. The Morgan fingerprint density at radius 3 is 2.34 bits per heavy atom. The molecule has 0 spiro atoms. The Hall–Kier alpha value is -2.63. The summed E-state index contributed by atoms with van der Waals surface area (Å²) in [5.41, 5.74) is 1.87. The molecule has 2 aliphatic rings. The van der Waals surface area contributed by atoms with Gasteiger partial charge in [0.05, 0.1) is 12.3 Å². The van der Waals surface area contributed by atoms with Crippen LogP contribution in [0.25, 0.3) is 11.3 Å². The van der Waals surface area contributed by atoms with E-state index in [1.54, 1.807) is 0 Å². The molecule has 29 heavy (non-hydrogen) atoms. The summed E-state index contributed by atoms with van der Waals surface area (Å²) in [6, 6.07) is 11.9. The zero-order valence-corrected chi connectivity index (χ0v) is 17.2. The zero-order chi connectivity index (χ0) is 20.1. The number of amides is 1. The summed E-state index contributed by atoms with van der Waals surface area (Å²) < 4.78 is 5.49. The van der Waals surface area contributed by atoms with Gasteiger partial charge in [0.2, 0.25) is 5.91 Å². The number of anilines is 1. The number of aromatic nitrogens is 2. The van der Waals surface area contributed by atoms with Gasteiger partial charge >= 0.3 is 0 Å². The predicted molar refractivity (Wildman–Crippen MR) is 114 cm³/mol. The summed E-state index contributed by atoms with van der Waals surface area (Å²) >= 11 is 0. The maximum Gasteiger partial charge on any atom is 0.222 e. The van der Waals surface area contributed by atoms with Crippen molar-refractivity contribution in [2.75, 3.05) is 37.7 Å². The third-order valence-corrected chi connectivity index (χ3v) is 6.01. The number of benzene rings is 1. The molecule has 0 N–H and O–H groups in total. The van der Waals surface area contributed by atoms with Gasteiger partial charge in [0.1, 0.15) is 5.75 Å². The first-order chi connectivity index (χ1) is 14.2. The maximum absolute atomic E-state index is 12.5. The van der Waals surface area contributed by atoms with Crippen molar-refractivity contribution >= 4 is 11.7 Å². The molecule has 1 saturated heterocycles. The predicted octanol–water partition coefficient (Wildman–Crippen LogP) is 3.77. The lowest BCUT2D eigenvalue weighted by atomic mass is 10.0. The highest BCUT2D eigenvalue weighted by Gasteiger charge is 2.25. The molecule has 6 heteroatoms. The van der Waals surface area contributed by atoms with Gasteiger partial charge in [-0.15, -0.1) is 10.2 Å². The Morgan fingerprint density at radius 2 is 1.72 bits per heavy atom. The second-order valence-electron chi connectivity index (χ2n) is 7.96. The quantitative estimate of drug-likeness (QED) is 0.746.